The molecule has 1 aliphatic heterocycles. The van der Waals surface area contributed by atoms with Gasteiger partial charge >= 0.3 is 0 Å². The van der Waals surface area contributed by atoms with Crippen LogP contribution in [-0.2, 0) is 11.2 Å². The van der Waals surface area contributed by atoms with E-state index in [0.717, 1.165) is 22.9 Å². The molecule has 1 fully saturated rings. The van der Waals surface area contributed by atoms with E-state index in [0.29, 0.717) is 19.5 Å². The molecule has 3 nitrogen and oxygen atoms in total. The lowest BCUT2D eigenvalue weighted by atomic mass is 9.98. The highest BCUT2D eigenvalue weighted by molar-refractivity contribution is 9.10. The second kappa shape index (κ2) is 6.01. The maximum absolute atomic E-state index is 12.1. The van der Waals surface area contributed by atoms with Gasteiger partial charge in [-0.25, -0.2) is 0 Å². The number of rotatable bonds is 2. The standard InChI is InChI=1S/C14H15BrN2O/c15-13-3-1-11(2-4-13)9-14(18)17-7-5-12(10-16)6-8-17/h1-4,12H,5-9H2. The van der Waals surface area contributed by atoms with Crippen LogP contribution in [0.1, 0.15) is 18.4 Å². The number of hydrogen-bond acceptors (Lipinski definition) is 2. The Labute approximate surface area is 116 Å². The van der Waals surface area contributed by atoms with E-state index < -0.39 is 0 Å². The van der Waals surface area contributed by atoms with Gasteiger partial charge in [0.05, 0.1) is 12.5 Å². The van der Waals surface area contributed by atoms with Crippen molar-refractivity contribution in [3.8, 4) is 6.07 Å². The Morgan fingerprint density at radius 3 is 2.50 bits per heavy atom. The van der Waals surface area contributed by atoms with Crippen LogP contribution in [-0.4, -0.2) is 23.9 Å². The molecule has 1 aromatic rings. The number of nitriles is 1. The van der Waals surface area contributed by atoms with E-state index in [4.69, 9.17) is 5.26 Å². The van der Waals surface area contributed by atoms with Crippen LogP contribution in [0, 0.1) is 17.2 Å². The zero-order valence-corrected chi connectivity index (χ0v) is 11.7. The third-order valence-corrected chi connectivity index (χ3v) is 3.83. The van der Waals surface area contributed by atoms with Crippen LogP contribution in [0.2, 0.25) is 0 Å². The van der Waals surface area contributed by atoms with E-state index in [-0.39, 0.29) is 11.8 Å². The van der Waals surface area contributed by atoms with Crippen molar-refractivity contribution < 1.29 is 4.79 Å². The predicted octanol–water partition coefficient (Wildman–Crippen LogP) is 2.75. The second-order valence-corrected chi connectivity index (χ2v) is 5.50. The third kappa shape index (κ3) is 3.33. The van der Waals surface area contributed by atoms with Crippen LogP contribution in [0.4, 0.5) is 0 Å². The van der Waals surface area contributed by atoms with E-state index in [2.05, 4.69) is 22.0 Å². The molecule has 2 rings (SSSR count). The van der Waals surface area contributed by atoms with E-state index in [1.807, 2.05) is 29.2 Å². The first kappa shape index (κ1) is 13.1. The number of nitrogens with zero attached hydrogens (tertiary/aromatic N) is 2. The summed E-state index contributed by atoms with van der Waals surface area (Å²) in [7, 11) is 0. The Kier molecular flexibility index (Phi) is 4.38. The van der Waals surface area contributed by atoms with Gasteiger partial charge in [0.15, 0.2) is 0 Å². The zero-order valence-electron chi connectivity index (χ0n) is 10.1. The lowest BCUT2D eigenvalue weighted by Crippen LogP contribution is -2.39. The van der Waals surface area contributed by atoms with Crippen LogP contribution in [0.15, 0.2) is 28.7 Å². The largest absolute Gasteiger partial charge is 0.342 e. The monoisotopic (exact) mass is 306 g/mol. The molecular formula is C14H15BrN2O. The summed E-state index contributed by atoms with van der Waals surface area (Å²) in [6, 6.07) is 10.1. The maximum Gasteiger partial charge on any atom is 0.226 e. The van der Waals surface area contributed by atoms with Crippen molar-refractivity contribution in [2.75, 3.05) is 13.1 Å². The Bertz CT molecular complexity index is 456. The Morgan fingerprint density at radius 2 is 1.94 bits per heavy atom. The smallest absolute Gasteiger partial charge is 0.226 e. The topological polar surface area (TPSA) is 44.1 Å². The van der Waals surface area contributed by atoms with Gasteiger partial charge in [-0.1, -0.05) is 28.1 Å². The summed E-state index contributed by atoms with van der Waals surface area (Å²) >= 11 is 3.38. The van der Waals surface area contributed by atoms with Crippen LogP contribution in [0.5, 0.6) is 0 Å². The van der Waals surface area contributed by atoms with Gasteiger partial charge in [-0.15, -0.1) is 0 Å². The van der Waals surface area contributed by atoms with Gasteiger partial charge in [-0.3, -0.25) is 4.79 Å². The van der Waals surface area contributed by atoms with E-state index in [9.17, 15) is 4.79 Å². The van der Waals surface area contributed by atoms with Crippen molar-refractivity contribution in [3.63, 3.8) is 0 Å². The van der Waals surface area contributed by atoms with Crippen molar-refractivity contribution in [1.29, 1.82) is 5.26 Å². The second-order valence-electron chi connectivity index (χ2n) is 4.59. The van der Waals surface area contributed by atoms with Crippen molar-refractivity contribution >= 4 is 21.8 Å². The van der Waals surface area contributed by atoms with Crippen LogP contribution in [0.3, 0.4) is 0 Å². The molecule has 1 aromatic carbocycles. The van der Waals surface area contributed by atoms with E-state index in [1.165, 1.54) is 0 Å². The highest BCUT2D eigenvalue weighted by Crippen LogP contribution is 2.17. The molecule has 0 aromatic heterocycles. The average Bonchev–Trinajstić information content (AvgIpc) is 2.41. The number of likely N-dealkylation sites (tertiary alicyclic amines) is 1. The number of halogens is 1. The summed E-state index contributed by atoms with van der Waals surface area (Å²) in [5.41, 5.74) is 1.03. The zero-order chi connectivity index (χ0) is 13.0. The molecule has 18 heavy (non-hydrogen) atoms. The molecule has 94 valence electrons. The molecule has 0 atom stereocenters. The molecule has 1 aliphatic rings. The summed E-state index contributed by atoms with van der Waals surface area (Å²) < 4.78 is 1.02. The number of hydrogen-bond donors (Lipinski definition) is 0. The van der Waals surface area contributed by atoms with Gasteiger partial charge in [0.2, 0.25) is 5.91 Å². The van der Waals surface area contributed by atoms with Crippen LogP contribution >= 0.6 is 15.9 Å². The van der Waals surface area contributed by atoms with Crippen molar-refractivity contribution in [2.24, 2.45) is 5.92 Å². The molecule has 0 N–H and O–H groups in total. The first-order chi connectivity index (χ1) is 8.69. The SMILES string of the molecule is N#CC1CCN(C(=O)Cc2ccc(Br)cc2)CC1. The molecule has 0 bridgehead atoms. The summed E-state index contributed by atoms with van der Waals surface area (Å²) in [4.78, 5) is 13.9. The van der Waals surface area contributed by atoms with Crippen LogP contribution in [0.25, 0.3) is 0 Å². The molecule has 4 heteroatoms. The quantitative estimate of drug-likeness (QED) is 0.843. The van der Waals surface area contributed by atoms with Crippen molar-refractivity contribution in [3.05, 3.63) is 34.3 Å². The highest BCUT2D eigenvalue weighted by atomic mass is 79.9. The van der Waals surface area contributed by atoms with Gasteiger partial charge in [-0.05, 0) is 30.5 Å². The first-order valence-corrected chi connectivity index (χ1v) is 6.90. The fourth-order valence-electron chi connectivity index (χ4n) is 2.15. The molecular weight excluding hydrogens is 292 g/mol. The van der Waals surface area contributed by atoms with E-state index in [1.54, 1.807) is 0 Å². The summed E-state index contributed by atoms with van der Waals surface area (Å²) in [5.74, 6) is 0.287. The molecule has 0 saturated carbocycles. The Balaban J connectivity index is 1.89. The minimum Gasteiger partial charge on any atom is -0.342 e. The Hall–Kier alpha value is -1.34. The summed E-state index contributed by atoms with van der Waals surface area (Å²) in [6.45, 7) is 1.43. The van der Waals surface area contributed by atoms with E-state index >= 15 is 0 Å². The molecule has 0 radical (unpaired) electrons. The number of carbonyl (C=O) groups excluding carboxylic acids is 1. The third-order valence-electron chi connectivity index (χ3n) is 3.30. The maximum atomic E-state index is 12.1. The molecule has 0 spiro atoms. The van der Waals surface area contributed by atoms with Crippen molar-refractivity contribution in [1.82, 2.24) is 4.90 Å². The van der Waals surface area contributed by atoms with Gasteiger partial charge in [0.25, 0.3) is 0 Å². The molecule has 1 amide bonds. The van der Waals surface area contributed by atoms with Crippen LogP contribution < -0.4 is 0 Å². The fraction of sp³-hybridized carbons (Fsp3) is 0.429. The lowest BCUT2D eigenvalue weighted by molar-refractivity contribution is -0.131. The van der Waals surface area contributed by atoms with Crippen molar-refractivity contribution in [2.45, 2.75) is 19.3 Å². The van der Waals surface area contributed by atoms with Gasteiger partial charge in [0.1, 0.15) is 0 Å². The summed E-state index contributed by atoms with van der Waals surface area (Å²) in [5, 5.41) is 8.82. The van der Waals surface area contributed by atoms with Gasteiger partial charge < -0.3 is 4.90 Å². The minimum atomic E-state index is 0.127. The fourth-order valence-corrected chi connectivity index (χ4v) is 2.41. The molecule has 0 unspecified atom stereocenters. The van der Waals surface area contributed by atoms with Gasteiger partial charge in [-0.2, -0.15) is 5.26 Å². The lowest BCUT2D eigenvalue weighted by Gasteiger charge is -2.29. The average molecular weight is 307 g/mol. The minimum absolute atomic E-state index is 0.127. The predicted molar refractivity (Wildman–Crippen MR) is 72.8 cm³/mol. The van der Waals surface area contributed by atoms with Gasteiger partial charge in [0, 0.05) is 23.5 Å². The molecule has 1 saturated heterocycles. The summed E-state index contributed by atoms with van der Waals surface area (Å²) in [6.07, 6.45) is 2.07. The molecule has 1 heterocycles. The number of amides is 1. The Morgan fingerprint density at radius 1 is 1.33 bits per heavy atom. The first-order valence-electron chi connectivity index (χ1n) is 6.11. The number of benzene rings is 1. The highest BCUT2D eigenvalue weighted by Gasteiger charge is 2.22. The number of carbonyl (C=O) groups is 1. The number of piperidine rings is 1. The normalized spacial score (nSPS) is 16.3. The molecule has 0 aliphatic carbocycles.